The van der Waals surface area contributed by atoms with Crippen LogP contribution in [0.1, 0.15) is 26.7 Å². The van der Waals surface area contributed by atoms with E-state index in [9.17, 15) is 0 Å². The molecule has 1 saturated carbocycles. The molecular weight excluding hydrogens is 216 g/mol. The molecule has 1 aliphatic heterocycles. The molecule has 0 spiro atoms. The predicted molar refractivity (Wildman–Crippen MR) is 67.7 cm³/mol. The monoisotopic (exact) mass is 242 g/mol. The third-order valence-electron chi connectivity index (χ3n) is 4.49. The Bertz CT molecular complexity index is 258. The molecule has 0 radical (unpaired) electrons. The second-order valence-electron chi connectivity index (χ2n) is 6.25. The molecule has 17 heavy (non-hydrogen) atoms. The molecule has 1 saturated heterocycles. The molecule has 0 bridgehead atoms. The number of nitrogens with zero attached hydrogens (tertiary/aromatic N) is 1. The van der Waals surface area contributed by atoms with Crippen LogP contribution in [0.4, 0.5) is 0 Å². The van der Waals surface area contributed by atoms with Gasteiger partial charge in [0.1, 0.15) is 0 Å². The molecule has 3 atom stereocenters. The Morgan fingerprint density at radius 3 is 2.82 bits per heavy atom. The summed E-state index contributed by atoms with van der Waals surface area (Å²) in [5, 5.41) is 9.13. The van der Waals surface area contributed by atoms with Crippen LogP contribution in [0.15, 0.2) is 0 Å². The third kappa shape index (κ3) is 2.99. The van der Waals surface area contributed by atoms with Crippen molar-refractivity contribution in [3.05, 3.63) is 0 Å². The number of hydrogen-bond donors (Lipinski definition) is 2. The maximum atomic E-state index is 9.13. The summed E-state index contributed by atoms with van der Waals surface area (Å²) in [6.45, 7) is 8.28. The lowest BCUT2D eigenvalue weighted by Crippen LogP contribution is -2.48. The van der Waals surface area contributed by atoms with Crippen molar-refractivity contribution in [2.75, 3.05) is 32.8 Å². The second-order valence-corrected chi connectivity index (χ2v) is 6.25. The van der Waals surface area contributed by atoms with E-state index in [1.165, 1.54) is 12.8 Å². The highest BCUT2D eigenvalue weighted by atomic mass is 16.5. The summed E-state index contributed by atoms with van der Waals surface area (Å²) in [6.07, 6.45) is 2.46. The zero-order chi connectivity index (χ0) is 12.5. The highest BCUT2D eigenvalue weighted by Gasteiger charge is 2.40. The molecule has 3 unspecified atom stereocenters. The van der Waals surface area contributed by atoms with E-state index in [0.717, 1.165) is 26.2 Å². The molecule has 1 heterocycles. The number of hydrogen-bond acceptors (Lipinski definition) is 4. The van der Waals surface area contributed by atoms with Gasteiger partial charge in [0.05, 0.1) is 19.3 Å². The first-order valence-electron chi connectivity index (χ1n) is 6.73. The van der Waals surface area contributed by atoms with E-state index in [-0.39, 0.29) is 18.1 Å². The normalized spacial score (nSPS) is 38.5. The zero-order valence-corrected chi connectivity index (χ0v) is 11.1. The van der Waals surface area contributed by atoms with Crippen LogP contribution in [0.5, 0.6) is 0 Å². The van der Waals surface area contributed by atoms with Crippen molar-refractivity contribution < 1.29 is 9.84 Å². The van der Waals surface area contributed by atoms with Crippen molar-refractivity contribution >= 4 is 0 Å². The van der Waals surface area contributed by atoms with Crippen LogP contribution in [-0.2, 0) is 4.74 Å². The van der Waals surface area contributed by atoms with Gasteiger partial charge in [-0.25, -0.2) is 0 Å². The van der Waals surface area contributed by atoms with E-state index in [1.54, 1.807) is 0 Å². The fourth-order valence-corrected chi connectivity index (χ4v) is 3.13. The molecular formula is C13H26N2O2. The Kier molecular flexibility index (Phi) is 4.08. The minimum absolute atomic E-state index is 0.00520. The summed E-state index contributed by atoms with van der Waals surface area (Å²) in [4.78, 5) is 2.40. The summed E-state index contributed by atoms with van der Waals surface area (Å²) in [5.74, 6) is 0.599. The summed E-state index contributed by atoms with van der Waals surface area (Å²) in [7, 11) is 0. The lowest BCUT2D eigenvalue weighted by Gasteiger charge is -2.35. The highest BCUT2D eigenvalue weighted by Crippen LogP contribution is 2.40. The Morgan fingerprint density at radius 1 is 1.47 bits per heavy atom. The minimum Gasteiger partial charge on any atom is -0.394 e. The maximum Gasteiger partial charge on any atom is 0.0932 e. The van der Waals surface area contributed by atoms with E-state index in [2.05, 4.69) is 18.7 Å². The second kappa shape index (κ2) is 5.22. The SMILES string of the molecule is CC1(C)CCC(CN2CCOC(CO)C2)C1N. The molecule has 1 aliphatic carbocycles. The Morgan fingerprint density at radius 2 is 2.24 bits per heavy atom. The molecule has 0 aromatic carbocycles. The van der Waals surface area contributed by atoms with Crippen LogP contribution in [-0.4, -0.2) is 55.0 Å². The first-order valence-corrected chi connectivity index (χ1v) is 6.73. The maximum absolute atomic E-state index is 9.13. The molecule has 0 aromatic heterocycles. The number of aliphatic hydroxyl groups is 1. The Balaban J connectivity index is 1.85. The van der Waals surface area contributed by atoms with Gasteiger partial charge in [0, 0.05) is 25.7 Å². The number of rotatable bonds is 3. The van der Waals surface area contributed by atoms with E-state index >= 15 is 0 Å². The quantitative estimate of drug-likeness (QED) is 0.754. The highest BCUT2D eigenvalue weighted by molar-refractivity contribution is 4.95. The molecule has 4 heteroatoms. The van der Waals surface area contributed by atoms with Gasteiger partial charge in [-0.3, -0.25) is 4.90 Å². The first kappa shape index (κ1) is 13.3. The van der Waals surface area contributed by atoms with Crippen LogP contribution < -0.4 is 5.73 Å². The topological polar surface area (TPSA) is 58.7 Å². The number of nitrogens with two attached hydrogens (primary N) is 1. The van der Waals surface area contributed by atoms with Crippen molar-refractivity contribution in [1.29, 1.82) is 0 Å². The number of morpholine rings is 1. The van der Waals surface area contributed by atoms with E-state index in [4.69, 9.17) is 15.6 Å². The average molecular weight is 242 g/mol. The average Bonchev–Trinajstić information content (AvgIpc) is 2.57. The van der Waals surface area contributed by atoms with Crippen molar-refractivity contribution in [3.63, 3.8) is 0 Å². The smallest absolute Gasteiger partial charge is 0.0932 e. The van der Waals surface area contributed by atoms with E-state index in [0.29, 0.717) is 12.0 Å². The van der Waals surface area contributed by atoms with Gasteiger partial charge in [0.15, 0.2) is 0 Å². The zero-order valence-electron chi connectivity index (χ0n) is 11.1. The first-order chi connectivity index (χ1) is 8.03. The molecule has 2 fully saturated rings. The summed E-state index contributed by atoms with van der Waals surface area (Å²) < 4.78 is 5.47. The molecule has 100 valence electrons. The number of aliphatic hydroxyl groups excluding tert-OH is 1. The van der Waals surface area contributed by atoms with Crippen LogP contribution in [0.25, 0.3) is 0 Å². The fraction of sp³-hybridized carbons (Fsp3) is 1.00. The van der Waals surface area contributed by atoms with Crippen molar-refractivity contribution in [1.82, 2.24) is 4.90 Å². The molecule has 4 nitrogen and oxygen atoms in total. The summed E-state index contributed by atoms with van der Waals surface area (Å²) in [5.41, 5.74) is 6.62. The molecule has 0 aromatic rings. The Labute approximate surface area is 104 Å². The van der Waals surface area contributed by atoms with Crippen LogP contribution >= 0.6 is 0 Å². The lowest BCUT2D eigenvalue weighted by molar-refractivity contribution is -0.0567. The molecule has 2 rings (SSSR count). The largest absolute Gasteiger partial charge is 0.394 e. The standard InChI is InChI=1S/C13H26N2O2/c1-13(2)4-3-10(12(13)14)7-15-5-6-17-11(8-15)9-16/h10-12,16H,3-9,14H2,1-2H3. The van der Waals surface area contributed by atoms with Crippen molar-refractivity contribution in [3.8, 4) is 0 Å². The van der Waals surface area contributed by atoms with Crippen molar-refractivity contribution in [2.45, 2.75) is 38.8 Å². The van der Waals surface area contributed by atoms with Gasteiger partial charge >= 0.3 is 0 Å². The van der Waals surface area contributed by atoms with Gasteiger partial charge in [0.25, 0.3) is 0 Å². The number of ether oxygens (including phenoxy) is 1. The molecule has 3 N–H and O–H groups in total. The Hall–Kier alpha value is -0.160. The van der Waals surface area contributed by atoms with Gasteiger partial charge in [-0.05, 0) is 24.2 Å². The molecule has 2 aliphatic rings. The lowest BCUT2D eigenvalue weighted by atomic mass is 9.85. The fourth-order valence-electron chi connectivity index (χ4n) is 3.13. The van der Waals surface area contributed by atoms with Gasteiger partial charge < -0.3 is 15.6 Å². The van der Waals surface area contributed by atoms with Crippen molar-refractivity contribution in [2.24, 2.45) is 17.1 Å². The summed E-state index contributed by atoms with van der Waals surface area (Å²) in [6, 6.07) is 0.304. The van der Waals surface area contributed by atoms with Crippen LogP contribution in [0, 0.1) is 11.3 Å². The van der Waals surface area contributed by atoms with E-state index in [1.807, 2.05) is 0 Å². The summed E-state index contributed by atoms with van der Waals surface area (Å²) >= 11 is 0. The van der Waals surface area contributed by atoms with Crippen LogP contribution in [0.2, 0.25) is 0 Å². The third-order valence-corrected chi connectivity index (χ3v) is 4.49. The molecule has 0 amide bonds. The minimum atomic E-state index is -0.00520. The van der Waals surface area contributed by atoms with Gasteiger partial charge in [-0.2, -0.15) is 0 Å². The predicted octanol–water partition coefficient (Wildman–Crippen LogP) is 0.443. The van der Waals surface area contributed by atoms with Crippen LogP contribution in [0.3, 0.4) is 0 Å². The van der Waals surface area contributed by atoms with E-state index < -0.39 is 0 Å². The van der Waals surface area contributed by atoms with Gasteiger partial charge in [-0.15, -0.1) is 0 Å². The van der Waals surface area contributed by atoms with Gasteiger partial charge in [0.2, 0.25) is 0 Å². The van der Waals surface area contributed by atoms with Gasteiger partial charge in [-0.1, -0.05) is 13.8 Å².